The minimum absolute atomic E-state index is 0.312. The SMILES string of the molecule is Cc1cc(C)c2c(c1)Oc1cc(C)cc(C)c1B2c1c(-n2c3ccc(-c4ccccc4)cc3c3cc(-c4ccccc4)ccc32)c(C#N)c(-n2c3ccc(-c4ccccc4)cc3c3cc(-c4ccccc4)ccc32)c2c1C(C)(C)CC2(C)C. The second-order valence-corrected chi connectivity index (χ2v) is 24.9. The Morgan fingerprint density at radius 1 is 0.386 bits per heavy atom. The van der Waals surface area contributed by atoms with Crippen LogP contribution in [-0.4, -0.2) is 15.8 Å². The average Bonchev–Trinajstić information content (AvgIpc) is 1.69. The van der Waals surface area contributed by atoms with E-state index in [2.05, 4.69) is 289 Å². The number of aromatic nitrogens is 2. The van der Waals surface area contributed by atoms with E-state index in [9.17, 15) is 5.26 Å². The molecule has 0 saturated carbocycles. The van der Waals surface area contributed by atoms with Crippen molar-refractivity contribution in [2.24, 2.45) is 0 Å². The molecule has 0 fully saturated rings. The molecule has 0 saturated heterocycles. The topological polar surface area (TPSA) is 42.9 Å². The molecule has 3 heterocycles. The van der Waals surface area contributed by atoms with Gasteiger partial charge in [-0.05, 0) is 189 Å². The second kappa shape index (κ2) is 18.7. The maximum atomic E-state index is 13.0. The van der Waals surface area contributed by atoms with Gasteiger partial charge in [-0.3, -0.25) is 0 Å². The van der Waals surface area contributed by atoms with E-state index in [-0.39, 0.29) is 17.5 Å². The van der Waals surface area contributed by atoms with E-state index in [1.54, 1.807) is 0 Å². The van der Waals surface area contributed by atoms with Crippen molar-refractivity contribution in [3.63, 3.8) is 0 Å². The third-order valence-electron chi connectivity index (χ3n) is 18.3. The van der Waals surface area contributed by atoms with Gasteiger partial charge in [0.05, 0.1) is 39.0 Å². The smallest absolute Gasteiger partial charge is 0.254 e. The largest absolute Gasteiger partial charge is 0.458 e. The number of hydrogen-bond donors (Lipinski definition) is 0. The molecule has 5 heteroatoms. The number of ether oxygens (including phenoxy) is 1. The van der Waals surface area contributed by atoms with E-state index in [0.29, 0.717) is 5.56 Å². The third kappa shape index (κ3) is 7.80. The summed E-state index contributed by atoms with van der Waals surface area (Å²) in [7, 11) is 0. The molecule has 0 amide bonds. The summed E-state index contributed by atoms with van der Waals surface area (Å²) < 4.78 is 12.2. The van der Waals surface area contributed by atoms with E-state index in [4.69, 9.17) is 4.74 Å². The predicted molar refractivity (Wildman–Crippen MR) is 349 cm³/mol. The summed E-state index contributed by atoms with van der Waals surface area (Å²) in [4.78, 5) is 0. The Balaban J connectivity index is 1.17. The molecular formula is C78H62BN3O. The zero-order valence-corrected chi connectivity index (χ0v) is 48.3. The van der Waals surface area contributed by atoms with Gasteiger partial charge in [-0.25, -0.2) is 0 Å². The quantitative estimate of drug-likeness (QED) is 0.149. The predicted octanol–water partition coefficient (Wildman–Crippen LogP) is 18.2. The molecule has 0 N–H and O–H groups in total. The van der Waals surface area contributed by atoms with Crippen LogP contribution in [0.2, 0.25) is 0 Å². The number of fused-ring (bicyclic) bond motifs is 9. The second-order valence-electron chi connectivity index (χ2n) is 24.9. The lowest BCUT2D eigenvalue weighted by molar-refractivity contribution is 0.403. The fraction of sp³-hybridized carbons (Fsp3) is 0.141. The van der Waals surface area contributed by atoms with E-state index in [1.165, 1.54) is 22.3 Å². The van der Waals surface area contributed by atoms with E-state index in [1.807, 2.05) is 0 Å². The Labute approximate surface area is 486 Å². The van der Waals surface area contributed by atoms with Gasteiger partial charge in [0.2, 0.25) is 0 Å². The van der Waals surface area contributed by atoms with E-state index < -0.39 is 0 Å². The fourth-order valence-electron chi connectivity index (χ4n) is 15.3. The zero-order chi connectivity index (χ0) is 56.6. The highest BCUT2D eigenvalue weighted by molar-refractivity contribution is 6.98. The van der Waals surface area contributed by atoms with Crippen molar-refractivity contribution in [3.8, 4) is 73.5 Å². The van der Waals surface area contributed by atoms with Crippen LogP contribution in [0.25, 0.3) is 99.5 Å². The van der Waals surface area contributed by atoms with Gasteiger partial charge >= 0.3 is 0 Å². The lowest BCUT2D eigenvalue weighted by Gasteiger charge is -2.36. The van der Waals surface area contributed by atoms with Gasteiger partial charge < -0.3 is 13.9 Å². The molecule has 2 aromatic heterocycles. The third-order valence-corrected chi connectivity index (χ3v) is 18.3. The number of aryl methyl sites for hydroxylation is 4. The van der Waals surface area contributed by atoms with Crippen LogP contribution in [0.5, 0.6) is 11.5 Å². The molecule has 15 rings (SSSR count). The van der Waals surface area contributed by atoms with Crippen molar-refractivity contribution in [1.82, 2.24) is 9.13 Å². The van der Waals surface area contributed by atoms with Crippen LogP contribution in [-0.2, 0) is 10.8 Å². The summed E-state index contributed by atoms with van der Waals surface area (Å²) in [6, 6.07) is 83.0. The number of benzene rings is 11. The Kier molecular flexibility index (Phi) is 11.3. The van der Waals surface area contributed by atoms with Crippen LogP contribution >= 0.6 is 0 Å². The van der Waals surface area contributed by atoms with Crippen LogP contribution in [0.1, 0.15) is 73.1 Å². The molecule has 398 valence electrons. The van der Waals surface area contributed by atoms with E-state index >= 15 is 0 Å². The minimum atomic E-state index is -0.388. The molecular weight excluding hydrogens is 1010 g/mol. The molecule has 0 radical (unpaired) electrons. The maximum absolute atomic E-state index is 13.0. The highest BCUT2D eigenvalue weighted by Gasteiger charge is 2.51. The van der Waals surface area contributed by atoms with Crippen molar-refractivity contribution in [2.45, 2.75) is 72.6 Å². The number of nitrogens with zero attached hydrogens (tertiary/aromatic N) is 3. The first-order valence-electron chi connectivity index (χ1n) is 29.2. The highest BCUT2D eigenvalue weighted by Crippen LogP contribution is 2.55. The summed E-state index contributed by atoms with van der Waals surface area (Å²) in [5.41, 5.74) is 25.7. The summed E-state index contributed by atoms with van der Waals surface area (Å²) >= 11 is 0. The minimum Gasteiger partial charge on any atom is -0.458 e. The molecule has 0 unspecified atom stereocenters. The molecule has 0 atom stereocenters. The summed E-state index contributed by atoms with van der Waals surface area (Å²) in [5.74, 6) is 1.74. The molecule has 0 spiro atoms. The maximum Gasteiger partial charge on any atom is 0.254 e. The number of hydrogen-bond acceptors (Lipinski definition) is 2. The summed E-state index contributed by atoms with van der Waals surface area (Å²) in [6.07, 6.45) is 0.869. The fourth-order valence-corrected chi connectivity index (χ4v) is 15.3. The molecule has 4 nitrogen and oxygen atoms in total. The van der Waals surface area contributed by atoms with Gasteiger partial charge in [0.1, 0.15) is 17.6 Å². The Hall–Kier alpha value is -9.63. The van der Waals surface area contributed by atoms with Gasteiger partial charge in [0, 0.05) is 21.5 Å². The highest BCUT2D eigenvalue weighted by atomic mass is 16.5. The lowest BCUT2D eigenvalue weighted by atomic mass is 9.32. The summed E-state index contributed by atoms with van der Waals surface area (Å²) in [6.45, 7) is 18.3. The van der Waals surface area contributed by atoms with Gasteiger partial charge in [0.15, 0.2) is 0 Å². The zero-order valence-electron chi connectivity index (χ0n) is 48.3. The van der Waals surface area contributed by atoms with Crippen LogP contribution < -0.4 is 21.1 Å². The van der Waals surface area contributed by atoms with Crippen LogP contribution in [0.4, 0.5) is 0 Å². The summed E-state index contributed by atoms with van der Waals surface area (Å²) in [5, 5.41) is 17.5. The Bertz CT molecular complexity index is 4630. The van der Waals surface area contributed by atoms with E-state index in [0.717, 1.165) is 145 Å². The van der Waals surface area contributed by atoms with Crippen molar-refractivity contribution in [3.05, 3.63) is 257 Å². The number of rotatable bonds is 7. The Morgan fingerprint density at radius 2 is 0.723 bits per heavy atom. The molecule has 1 aliphatic carbocycles. The van der Waals surface area contributed by atoms with Crippen molar-refractivity contribution in [1.29, 1.82) is 5.26 Å². The first kappa shape index (κ1) is 50.3. The standard InChI is InChI=1S/C78H62BN3O/c1-47-37-49(3)72-68(39-47)83-69-40-48(2)38-50(4)73(69)79(72)74-70-71(78(7,8)46-77(70,5)6)75(81-64-33-29-55(51-21-13-9-14-22-51)41-59(64)60-42-56(30-34-65(60)81)52-23-15-10-16-24-52)63(45-80)76(74)82-66-35-31-57(53-25-17-11-18-26-53)43-61(66)62-44-58(32-36-67(62)82)54-27-19-12-20-28-54/h9-44H,46H2,1-8H3. The first-order valence-corrected chi connectivity index (χ1v) is 29.2. The molecule has 1 aliphatic heterocycles. The van der Waals surface area contributed by atoms with Crippen LogP contribution in [0.3, 0.4) is 0 Å². The molecule has 13 aromatic rings. The molecule has 2 aliphatic rings. The molecule has 83 heavy (non-hydrogen) atoms. The number of nitriles is 1. The van der Waals surface area contributed by atoms with Crippen molar-refractivity contribution >= 4 is 66.7 Å². The molecule has 0 bridgehead atoms. The molecule has 11 aromatic carbocycles. The van der Waals surface area contributed by atoms with Gasteiger partial charge in [-0.2, -0.15) is 5.26 Å². The van der Waals surface area contributed by atoms with Gasteiger partial charge in [-0.15, -0.1) is 0 Å². The average molecular weight is 1070 g/mol. The van der Waals surface area contributed by atoms with Crippen molar-refractivity contribution < 1.29 is 4.74 Å². The Morgan fingerprint density at radius 3 is 1.07 bits per heavy atom. The van der Waals surface area contributed by atoms with Gasteiger partial charge in [-0.1, -0.05) is 197 Å². The normalized spacial score (nSPS) is 14.0. The monoisotopic (exact) mass is 1070 g/mol. The van der Waals surface area contributed by atoms with Crippen LogP contribution in [0.15, 0.2) is 218 Å². The van der Waals surface area contributed by atoms with Crippen molar-refractivity contribution in [2.75, 3.05) is 0 Å². The lowest BCUT2D eigenvalue weighted by Crippen LogP contribution is -2.59. The van der Waals surface area contributed by atoms with Gasteiger partial charge in [0.25, 0.3) is 6.71 Å². The first-order chi connectivity index (χ1) is 40.3. The van der Waals surface area contributed by atoms with Crippen LogP contribution in [0, 0.1) is 39.0 Å².